The van der Waals surface area contributed by atoms with Crippen LogP contribution in [0.4, 0.5) is 0 Å². The molecule has 0 amide bonds. The molecule has 0 spiro atoms. The average Bonchev–Trinajstić information content (AvgIpc) is 3.01. The van der Waals surface area contributed by atoms with Crippen molar-refractivity contribution in [2.45, 2.75) is 64.6 Å². The van der Waals surface area contributed by atoms with E-state index in [1.807, 2.05) is 11.3 Å². The Morgan fingerprint density at radius 2 is 2.11 bits per heavy atom. The summed E-state index contributed by atoms with van der Waals surface area (Å²) in [5.41, 5.74) is 1.30. The van der Waals surface area contributed by atoms with E-state index in [-0.39, 0.29) is 5.54 Å². The van der Waals surface area contributed by atoms with Crippen molar-refractivity contribution < 1.29 is 0 Å². The third-order valence-electron chi connectivity index (χ3n) is 4.36. The van der Waals surface area contributed by atoms with Gasteiger partial charge in [-0.05, 0) is 47.0 Å². The minimum absolute atomic E-state index is 0.0977. The van der Waals surface area contributed by atoms with E-state index in [9.17, 15) is 0 Å². The van der Waals surface area contributed by atoms with E-state index in [1.54, 1.807) is 0 Å². The van der Waals surface area contributed by atoms with Gasteiger partial charge in [-0.3, -0.25) is 4.90 Å². The van der Waals surface area contributed by atoms with Crippen LogP contribution < -0.4 is 5.32 Å². The van der Waals surface area contributed by atoms with E-state index in [1.165, 1.54) is 41.4 Å². The van der Waals surface area contributed by atoms with Crippen LogP contribution in [0.15, 0.2) is 0 Å². The van der Waals surface area contributed by atoms with Crippen molar-refractivity contribution in [1.82, 2.24) is 15.2 Å². The lowest BCUT2D eigenvalue weighted by molar-refractivity contribution is 0.262. The molecule has 0 bridgehead atoms. The Kier molecular flexibility index (Phi) is 3.44. The largest absolute Gasteiger partial charge is 0.302 e. The molecule has 3 nitrogen and oxygen atoms in total. The van der Waals surface area contributed by atoms with Gasteiger partial charge in [0.25, 0.3) is 0 Å². The standard InChI is InChI=1S/C15H25N3S/c1-10(2)17-15(14-16-11(3)12(4)19-14)7-8-18(9-15)13-5-6-13/h10,13,17H,5-9H2,1-4H3. The third kappa shape index (κ3) is 2.58. The van der Waals surface area contributed by atoms with Gasteiger partial charge in [0.1, 0.15) is 5.01 Å². The zero-order chi connectivity index (χ0) is 13.6. The second kappa shape index (κ2) is 4.83. The summed E-state index contributed by atoms with van der Waals surface area (Å²) < 4.78 is 0. The summed E-state index contributed by atoms with van der Waals surface area (Å²) in [6.07, 6.45) is 4.00. The topological polar surface area (TPSA) is 28.2 Å². The van der Waals surface area contributed by atoms with Crippen LogP contribution in [0.3, 0.4) is 0 Å². The molecule has 2 fully saturated rings. The molecule has 19 heavy (non-hydrogen) atoms. The molecule has 1 saturated heterocycles. The normalized spacial score (nSPS) is 28.5. The molecule has 106 valence electrons. The summed E-state index contributed by atoms with van der Waals surface area (Å²) in [5.74, 6) is 0. The molecule has 2 heterocycles. The predicted octanol–water partition coefficient (Wildman–Crippen LogP) is 2.82. The lowest BCUT2D eigenvalue weighted by Crippen LogP contribution is -2.48. The minimum atomic E-state index is 0.0977. The SMILES string of the molecule is Cc1nc(C2(NC(C)C)CCN(C3CC3)C2)sc1C. The molecule has 3 rings (SSSR count). The first kappa shape index (κ1) is 13.5. The maximum Gasteiger partial charge on any atom is 0.115 e. The molecule has 1 aliphatic heterocycles. The molecular formula is C15H25N3S. The van der Waals surface area contributed by atoms with E-state index in [0.29, 0.717) is 6.04 Å². The fourth-order valence-corrected chi connectivity index (χ4v) is 4.26. The van der Waals surface area contributed by atoms with Crippen LogP contribution in [-0.4, -0.2) is 35.1 Å². The summed E-state index contributed by atoms with van der Waals surface area (Å²) in [6, 6.07) is 1.36. The molecule has 1 aliphatic carbocycles. The summed E-state index contributed by atoms with van der Waals surface area (Å²) in [5, 5.41) is 5.14. The van der Waals surface area contributed by atoms with Gasteiger partial charge in [-0.15, -0.1) is 11.3 Å². The highest BCUT2D eigenvalue weighted by Crippen LogP contribution is 2.40. The zero-order valence-corrected chi connectivity index (χ0v) is 13.3. The summed E-state index contributed by atoms with van der Waals surface area (Å²) in [6.45, 7) is 11.2. The molecule has 0 aromatic carbocycles. The first-order chi connectivity index (χ1) is 9.00. The van der Waals surface area contributed by atoms with Gasteiger partial charge < -0.3 is 5.32 Å². The van der Waals surface area contributed by atoms with Crippen molar-refractivity contribution in [3.63, 3.8) is 0 Å². The zero-order valence-electron chi connectivity index (χ0n) is 12.5. The van der Waals surface area contributed by atoms with E-state index in [2.05, 4.69) is 37.9 Å². The van der Waals surface area contributed by atoms with Gasteiger partial charge in [0.05, 0.1) is 11.2 Å². The summed E-state index contributed by atoms with van der Waals surface area (Å²) in [7, 11) is 0. The van der Waals surface area contributed by atoms with E-state index in [0.717, 1.165) is 12.6 Å². The maximum absolute atomic E-state index is 4.86. The smallest absolute Gasteiger partial charge is 0.115 e. The maximum atomic E-state index is 4.86. The monoisotopic (exact) mass is 279 g/mol. The summed E-state index contributed by atoms with van der Waals surface area (Å²) >= 11 is 1.89. The van der Waals surface area contributed by atoms with Crippen LogP contribution in [0, 0.1) is 13.8 Å². The number of hydrogen-bond donors (Lipinski definition) is 1. The first-order valence-electron chi connectivity index (χ1n) is 7.46. The van der Waals surface area contributed by atoms with E-state index >= 15 is 0 Å². The highest BCUT2D eigenvalue weighted by atomic mass is 32.1. The Morgan fingerprint density at radius 1 is 1.37 bits per heavy atom. The number of thiazole rings is 1. The third-order valence-corrected chi connectivity index (χ3v) is 5.64. The molecule has 1 N–H and O–H groups in total. The Hall–Kier alpha value is -0.450. The van der Waals surface area contributed by atoms with Gasteiger partial charge >= 0.3 is 0 Å². The van der Waals surface area contributed by atoms with Crippen molar-refractivity contribution in [1.29, 1.82) is 0 Å². The number of aromatic nitrogens is 1. The molecular weight excluding hydrogens is 254 g/mol. The Balaban J connectivity index is 1.88. The minimum Gasteiger partial charge on any atom is -0.302 e. The predicted molar refractivity (Wildman–Crippen MR) is 80.7 cm³/mol. The van der Waals surface area contributed by atoms with Crippen LogP contribution in [0.5, 0.6) is 0 Å². The second-order valence-corrected chi connectivity index (χ2v) is 7.70. The fourth-order valence-electron chi connectivity index (χ4n) is 3.17. The van der Waals surface area contributed by atoms with Crippen molar-refractivity contribution >= 4 is 11.3 Å². The van der Waals surface area contributed by atoms with Crippen molar-refractivity contribution in [3.05, 3.63) is 15.6 Å². The molecule has 1 unspecified atom stereocenters. The number of hydrogen-bond acceptors (Lipinski definition) is 4. The molecule has 1 saturated carbocycles. The number of likely N-dealkylation sites (tertiary alicyclic amines) is 1. The van der Waals surface area contributed by atoms with Crippen LogP contribution >= 0.6 is 11.3 Å². The van der Waals surface area contributed by atoms with E-state index < -0.39 is 0 Å². The van der Waals surface area contributed by atoms with Crippen LogP contribution in [0.1, 0.15) is 48.7 Å². The number of rotatable bonds is 4. The van der Waals surface area contributed by atoms with Crippen LogP contribution in [0.2, 0.25) is 0 Å². The fraction of sp³-hybridized carbons (Fsp3) is 0.800. The van der Waals surface area contributed by atoms with Gasteiger partial charge in [-0.25, -0.2) is 4.98 Å². The lowest BCUT2D eigenvalue weighted by atomic mass is 9.98. The Labute approximate surface area is 120 Å². The number of nitrogens with zero attached hydrogens (tertiary/aromatic N) is 2. The Morgan fingerprint density at radius 3 is 2.63 bits per heavy atom. The quantitative estimate of drug-likeness (QED) is 0.918. The van der Waals surface area contributed by atoms with Gasteiger partial charge in [-0.1, -0.05) is 0 Å². The number of aryl methyl sites for hydroxylation is 2. The Bertz CT molecular complexity index is 444. The van der Waals surface area contributed by atoms with Crippen molar-refractivity contribution in [2.24, 2.45) is 0 Å². The van der Waals surface area contributed by atoms with Gasteiger partial charge in [0, 0.05) is 30.1 Å². The first-order valence-corrected chi connectivity index (χ1v) is 8.28. The molecule has 1 atom stereocenters. The van der Waals surface area contributed by atoms with Gasteiger partial charge in [-0.2, -0.15) is 0 Å². The van der Waals surface area contributed by atoms with Crippen molar-refractivity contribution in [2.75, 3.05) is 13.1 Å². The molecule has 4 heteroatoms. The highest BCUT2D eigenvalue weighted by molar-refractivity contribution is 7.11. The molecule has 0 radical (unpaired) electrons. The van der Waals surface area contributed by atoms with Crippen molar-refractivity contribution in [3.8, 4) is 0 Å². The molecule has 1 aromatic heterocycles. The lowest BCUT2D eigenvalue weighted by Gasteiger charge is -2.31. The molecule has 1 aromatic rings. The van der Waals surface area contributed by atoms with Crippen LogP contribution in [-0.2, 0) is 5.54 Å². The van der Waals surface area contributed by atoms with Gasteiger partial charge in [0.15, 0.2) is 0 Å². The second-order valence-electron chi connectivity index (χ2n) is 6.49. The number of nitrogens with one attached hydrogen (secondary N) is 1. The highest BCUT2D eigenvalue weighted by Gasteiger charge is 2.46. The van der Waals surface area contributed by atoms with E-state index in [4.69, 9.17) is 4.98 Å². The average molecular weight is 279 g/mol. The molecule has 2 aliphatic rings. The van der Waals surface area contributed by atoms with Gasteiger partial charge in [0.2, 0.25) is 0 Å². The summed E-state index contributed by atoms with van der Waals surface area (Å²) in [4.78, 5) is 8.89. The van der Waals surface area contributed by atoms with Crippen LogP contribution in [0.25, 0.3) is 0 Å².